The molecule has 1 atom stereocenters. The van der Waals surface area contributed by atoms with E-state index in [-0.39, 0.29) is 17.6 Å². The Morgan fingerprint density at radius 3 is 2.60 bits per heavy atom. The van der Waals surface area contributed by atoms with Gasteiger partial charge in [0.05, 0.1) is 23.1 Å². The van der Waals surface area contributed by atoms with Crippen LogP contribution in [0, 0.1) is 20.8 Å². The van der Waals surface area contributed by atoms with Gasteiger partial charge in [-0.3, -0.25) is 9.69 Å². The average molecular weight is 473 g/mol. The molecule has 2 saturated heterocycles. The number of amides is 1. The predicted octanol–water partition coefficient (Wildman–Crippen LogP) is 4.74. The van der Waals surface area contributed by atoms with Crippen molar-refractivity contribution in [2.75, 3.05) is 19.6 Å². The van der Waals surface area contributed by atoms with Crippen molar-refractivity contribution >= 4 is 5.91 Å². The molecule has 184 valence electrons. The normalized spacial score (nSPS) is 19.8. The van der Waals surface area contributed by atoms with Crippen molar-refractivity contribution in [3.8, 4) is 5.69 Å². The lowest BCUT2D eigenvalue weighted by Gasteiger charge is -2.39. The van der Waals surface area contributed by atoms with E-state index < -0.39 is 0 Å². The number of aromatic nitrogens is 2. The molecule has 1 N–H and O–H groups in total. The Kier molecular flexibility index (Phi) is 6.76. The number of hydrogen-bond donors (Lipinski definition) is 1. The van der Waals surface area contributed by atoms with E-state index in [4.69, 9.17) is 4.74 Å². The van der Waals surface area contributed by atoms with E-state index in [9.17, 15) is 4.79 Å². The van der Waals surface area contributed by atoms with Crippen LogP contribution in [-0.4, -0.2) is 51.9 Å². The highest BCUT2D eigenvalue weighted by atomic mass is 16.5. The number of benzene rings is 2. The van der Waals surface area contributed by atoms with Crippen LogP contribution in [-0.2, 0) is 11.3 Å². The number of aryl methyl sites for hydroxylation is 3. The van der Waals surface area contributed by atoms with Crippen LogP contribution in [0.3, 0.4) is 0 Å². The SMILES string of the molecule is Cc1cc(C)n(-c2cccc(C(=O)NCC3CCC4(CCN(Cc5ccccc5C)CC4)O3)c2)n1. The molecule has 1 amide bonds. The van der Waals surface area contributed by atoms with Gasteiger partial charge in [-0.2, -0.15) is 5.10 Å². The Hall–Kier alpha value is -2.96. The summed E-state index contributed by atoms with van der Waals surface area (Å²) in [6.45, 7) is 9.88. The van der Waals surface area contributed by atoms with Gasteiger partial charge in [0.1, 0.15) is 0 Å². The molecule has 6 nitrogen and oxygen atoms in total. The Morgan fingerprint density at radius 1 is 1.06 bits per heavy atom. The number of rotatable bonds is 6. The quantitative estimate of drug-likeness (QED) is 0.563. The number of carbonyl (C=O) groups excluding carboxylic acids is 1. The zero-order valence-corrected chi connectivity index (χ0v) is 21.1. The first-order valence-electron chi connectivity index (χ1n) is 12.8. The van der Waals surface area contributed by atoms with E-state index in [0.717, 1.165) is 62.4 Å². The third kappa shape index (κ3) is 5.34. The Labute approximate surface area is 208 Å². The van der Waals surface area contributed by atoms with Crippen molar-refractivity contribution in [2.24, 2.45) is 0 Å². The second-order valence-electron chi connectivity index (χ2n) is 10.3. The number of carbonyl (C=O) groups is 1. The minimum atomic E-state index is -0.0639. The first-order valence-corrected chi connectivity index (χ1v) is 12.8. The van der Waals surface area contributed by atoms with Gasteiger partial charge >= 0.3 is 0 Å². The van der Waals surface area contributed by atoms with Crippen LogP contribution in [0.4, 0.5) is 0 Å². The van der Waals surface area contributed by atoms with E-state index in [0.29, 0.717) is 12.1 Å². The number of ether oxygens (including phenoxy) is 1. The molecule has 2 aliphatic rings. The lowest BCUT2D eigenvalue weighted by atomic mass is 9.88. The van der Waals surface area contributed by atoms with E-state index in [1.807, 2.05) is 48.9 Å². The second kappa shape index (κ2) is 9.96. The molecule has 0 aliphatic carbocycles. The highest BCUT2D eigenvalue weighted by Crippen LogP contribution is 2.39. The molecular formula is C29H36N4O2. The predicted molar refractivity (Wildman–Crippen MR) is 138 cm³/mol. The minimum absolute atomic E-state index is 0.0208. The lowest BCUT2D eigenvalue weighted by Crippen LogP contribution is -2.45. The molecule has 6 heteroatoms. The van der Waals surface area contributed by atoms with Crippen LogP contribution in [0.5, 0.6) is 0 Å². The first kappa shape index (κ1) is 23.8. The zero-order valence-electron chi connectivity index (χ0n) is 21.1. The van der Waals surface area contributed by atoms with E-state index >= 15 is 0 Å². The zero-order chi connectivity index (χ0) is 24.4. The molecular weight excluding hydrogens is 436 g/mol. The fraction of sp³-hybridized carbons (Fsp3) is 0.448. The van der Waals surface area contributed by atoms with Crippen LogP contribution in [0.2, 0.25) is 0 Å². The smallest absolute Gasteiger partial charge is 0.251 e. The number of likely N-dealkylation sites (tertiary alicyclic amines) is 1. The summed E-state index contributed by atoms with van der Waals surface area (Å²) in [6.07, 6.45) is 4.30. The number of hydrogen-bond acceptors (Lipinski definition) is 4. The molecule has 35 heavy (non-hydrogen) atoms. The summed E-state index contributed by atoms with van der Waals surface area (Å²) < 4.78 is 8.43. The molecule has 0 radical (unpaired) electrons. The van der Waals surface area contributed by atoms with Gasteiger partial charge in [0, 0.05) is 37.4 Å². The van der Waals surface area contributed by atoms with Crippen molar-refractivity contribution in [1.29, 1.82) is 0 Å². The third-order valence-corrected chi connectivity index (χ3v) is 7.61. The number of nitrogens with one attached hydrogen (secondary N) is 1. The second-order valence-corrected chi connectivity index (χ2v) is 10.3. The molecule has 5 rings (SSSR count). The Morgan fingerprint density at radius 2 is 1.86 bits per heavy atom. The Bertz CT molecular complexity index is 1190. The molecule has 3 aromatic rings. The summed E-state index contributed by atoms with van der Waals surface area (Å²) in [6, 6.07) is 18.3. The molecule has 1 aromatic heterocycles. The van der Waals surface area contributed by atoms with Crippen LogP contribution < -0.4 is 5.32 Å². The summed E-state index contributed by atoms with van der Waals surface area (Å²) in [4.78, 5) is 15.4. The largest absolute Gasteiger partial charge is 0.370 e. The monoisotopic (exact) mass is 472 g/mol. The van der Waals surface area contributed by atoms with Gasteiger partial charge in [-0.25, -0.2) is 4.68 Å². The average Bonchev–Trinajstić information content (AvgIpc) is 3.42. The van der Waals surface area contributed by atoms with E-state index in [1.54, 1.807) is 0 Å². The first-order chi connectivity index (χ1) is 16.9. The molecule has 2 fully saturated rings. The maximum Gasteiger partial charge on any atom is 0.251 e. The minimum Gasteiger partial charge on any atom is -0.370 e. The van der Waals surface area contributed by atoms with Gasteiger partial charge in [0.25, 0.3) is 5.91 Å². The topological polar surface area (TPSA) is 59.4 Å². The fourth-order valence-corrected chi connectivity index (χ4v) is 5.53. The van der Waals surface area contributed by atoms with E-state index in [2.05, 4.69) is 46.5 Å². The highest BCUT2D eigenvalue weighted by molar-refractivity contribution is 5.94. The Balaban J connectivity index is 1.12. The standard InChI is InChI=1S/C29H36N4O2/c1-21-7-4-5-8-25(21)20-32-15-13-29(14-16-32)12-11-27(35-29)19-30-28(34)24-9-6-10-26(18-24)33-23(3)17-22(2)31-33/h4-10,17-18,27H,11-16,19-20H2,1-3H3,(H,30,34). The highest BCUT2D eigenvalue weighted by Gasteiger charge is 2.42. The lowest BCUT2D eigenvalue weighted by molar-refractivity contribution is -0.0764. The van der Waals surface area contributed by atoms with E-state index in [1.165, 1.54) is 11.1 Å². The fourth-order valence-electron chi connectivity index (χ4n) is 5.53. The molecule has 1 unspecified atom stereocenters. The van der Waals surface area contributed by atoms with Crippen LogP contribution in [0.25, 0.3) is 5.69 Å². The van der Waals surface area contributed by atoms with Crippen molar-refractivity contribution in [3.05, 3.63) is 82.7 Å². The summed E-state index contributed by atoms with van der Waals surface area (Å²) in [7, 11) is 0. The maximum atomic E-state index is 12.9. The molecule has 0 bridgehead atoms. The molecule has 1 spiro atoms. The van der Waals surface area contributed by atoms with Gasteiger partial charge < -0.3 is 10.1 Å². The molecule has 0 saturated carbocycles. The van der Waals surface area contributed by atoms with Crippen molar-refractivity contribution in [3.63, 3.8) is 0 Å². The number of nitrogens with zero attached hydrogens (tertiary/aromatic N) is 3. The third-order valence-electron chi connectivity index (χ3n) is 7.61. The van der Waals surface area contributed by atoms with Gasteiger partial charge in [0.2, 0.25) is 0 Å². The van der Waals surface area contributed by atoms with Gasteiger partial charge in [0.15, 0.2) is 0 Å². The van der Waals surface area contributed by atoms with Crippen LogP contribution in [0.15, 0.2) is 54.6 Å². The summed E-state index contributed by atoms with van der Waals surface area (Å²) in [5, 5.41) is 7.64. The van der Waals surface area contributed by atoms with Gasteiger partial charge in [-0.15, -0.1) is 0 Å². The molecule has 3 heterocycles. The molecule has 2 aromatic carbocycles. The number of piperidine rings is 1. The maximum absolute atomic E-state index is 12.9. The van der Waals surface area contributed by atoms with Crippen molar-refractivity contribution in [2.45, 2.75) is 64.7 Å². The van der Waals surface area contributed by atoms with Crippen molar-refractivity contribution < 1.29 is 9.53 Å². The molecule has 2 aliphatic heterocycles. The summed E-state index contributed by atoms with van der Waals surface area (Å²) in [5.74, 6) is -0.0639. The van der Waals surface area contributed by atoms with Gasteiger partial charge in [-0.1, -0.05) is 30.3 Å². The summed E-state index contributed by atoms with van der Waals surface area (Å²) in [5.41, 5.74) is 6.32. The van der Waals surface area contributed by atoms with Crippen LogP contribution >= 0.6 is 0 Å². The van der Waals surface area contributed by atoms with Gasteiger partial charge in [-0.05, 0) is 81.8 Å². The van der Waals surface area contributed by atoms with Crippen molar-refractivity contribution in [1.82, 2.24) is 20.0 Å². The van der Waals surface area contributed by atoms with Crippen LogP contribution in [0.1, 0.15) is 58.6 Å². The summed E-state index contributed by atoms with van der Waals surface area (Å²) >= 11 is 0.